The summed E-state index contributed by atoms with van der Waals surface area (Å²) in [6.07, 6.45) is -1.38. The number of hydrogen-bond acceptors (Lipinski definition) is 4. The summed E-state index contributed by atoms with van der Waals surface area (Å²) in [5.41, 5.74) is 5.50. The summed E-state index contributed by atoms with van der Waals surface area (Å²) in [6, 6.07) is -0.364. The van der Waals surface area contributed by atoms with Crippen molar-refractivity contribution in [3.8, 4) is 0 Å². The molecule has 0 aromatic heterocycles. The van der Waals surface area contributed by atoms with Crippen molar-refractivity contribution < 1.29 is 14.9 Å². The topological polar surface area (TPSA) is 75.7 Å². The van der Waals surface area contributed by atoms with Gasteiger partial charge in [-0.3, -0.25) is 0 Å². The first kappa shape index (κ1) is 7.94. The first-order valence-corrected chi connectivity index (χ1v) is 3.36. The summed E-state index contributed by atoms with van der Waals surface area (Å²) in [4.78, 5) is 0. The van der Waals surface area contributed by atoms with Gasteiger partial charge in [0, 0.05) is 0 Å². The van der Waals surface area contributed by atoms with Gasteiger partial charge in [0.1, 0.15) is 6.10 Å². The Hall–Kier alpha value is -0.160. The molecular formula is C6H13NO3. The fourth-order valence-corrected chi connectivity index (χ4v) is 1.12. The highest BCUT2D eigenvalue weighted by Crippen LogP contribution is 2.18. The van der Waals surface area contributed by atoms with E-state index in [9.17, 15) is 5.11 Å². The Balaban J connectivity index is 2.53. The van der Waals surface area contributed by atoms with E-state index >= 15 is 0 Å². The third-order valence-electron chi connectivity index (χ3n) is 1.89. The number of aliphatic hydroxyl groups is 2. The van der Waals surface area contributed by atoms with E-state index in [1.54, 1.807) is 6.92 Å². The molecule has 1 fully saturated rings. The minimum atomic E-state index is -0.722. The predicted octanol–water partition coefficient (Wildman–Crippen LogP) is -1.55. The molecule has 60 valence electrons. The van der Waals surface area contributed by atoms with Gasteiger partial charge in [0.05, 0.1) is 24.9 Å². The van der Waals surface area contributed by atoms with Crippen molar-refractivity contribution in [1.82, 2.24) is 0 Å². The molecule has 0 bridgehead atoms. The number of nitrogens with two attached hydrogens (primary N) is 1. The van der Waals surface area contributed by atoms with Crippen LogP contribution in [-0.4, -0.2) is 41.2 Å². The van der Waals surface area contributed by atoms with Crippen molar-refractivity contribution in [3.63, 3.8) is 0 Å². The van der Waals surface area contributed by atoms with Gasteiger partial charge in [-0.15, -0.1) is 0 Å². The lowest BCUT2D eigenvalue weighted by Gasteiger charge is -2.11. The SMILES string of the molecule is C[C@@H]1O[C@H](CO)C(O)[C@@H]1N. The van der Waals surface area contributed by atoms with Gasteiger partial charge in [-0.2, -0.15) is 0 Å². The average Bonchev–Trinajstić information content (AvgIpc) is 2.17. The average molecular weight is 147 g/mol. The Morgan fingerprint density at radius 1 is 1.60 bits per heavy atom. The molecule has 0 saturated carbocycles. The van der Waals surface area contributed by atoms with Crippen LogP contribution in [0.1, 0.15) is 6.92 Å². The standard InChI is InChI=1S/C6H13NO3/c1-3-5(7)6(9)4(2-8)10-3/h3-6,8-9H,2,7H2,1H3/t3-,4+,5+,6?/m0/s1. The minimum absolute atomic E-state index is 0.160. The van der Waals surface area contributed by atoms with Gasteiger partial charge in [0.2, 0.25) is 0 Å². The van der Waals surface area contributed by atoms with Crippen molar-refractivity contribution in [1.29, 1.82) is 0 Å². The molecule has 0 radical (unpaired) electrons. The summed E-state index contributed by atoms with van der Waals surface area (Å²) in [7, 11) is 0. The molecule has 4 nitrogen and oxygen atoms in total. The quantitative estimate of drug-likeness (QED) is 0.420. The van der Waals surface area contributed by atoms with Gasteiger partial charge < -0.3 is 20.7 Å². The van der Waals surface area contributed by atoms with Crippen LogP contribution in [-0.2, 0) is 4.74 Å². The Morgan fingerprint density at radius 3 is 2.40 bits per heavy atom. The van der Waals surface area contributed by atoms with Crippen LogP contribution in [0.4, 0.5) is 0 Å². The molecule has 0 aromatic rings. The number of aliphatic hydroxyl groups excluding tert-OH is 2. The second-order valence-corrected chi connectivity index (χ2v) is 2.63. The van der Waals surface area contributed by atoms with Gasteiger partial charge in [-0.1, -0.05) is 0 Å². The van der Waals surface area contributed by atoms with Crippen LogP contribution in [0.3, 0.4) is 0 Å². The fraction of sp³-hybridized carbons (Fsp3) is 1.00. The third kappa shape index (κ3) is 1.15. The highest BCUT2D eigenvalue weighted by atomic mass is 16.5. The van der Waals surface area contributed by atoms with E-state index in [0.29, 0.717) is 0 Å². The summed E-state index contributed by atoms with van der Waals surface area (Å²) in [5, 5.41) is 17.8. The molecule has 1 aliphatic rings. The second kappa shape index (κ2) is 2.84. The molecule has 1 unspecified atom stereocenters. The molecule has 4 heteroatoms. The molecule has 1 saturated heterocycles. The molecular weight excluding hydrogens is 134 g/mol. The third-order valence-corrected chi connectivity index (χ3v) is 1.89. The van der Waals surface area contributed by atoms with Gasteiger partial charge in [-0.25, -0.2) is 0 Å². The molecule has 0 aliphatic carbocycles. The predicted molar refractivity (Wildman–Crippen MR) is 35.4 cm³/mol. The van der Waals surface area contributed by atoms with Gasteiger partial charge >= 0.3 is 0 Å². The molecule has 4 N–H and O–H groups in total. The van der Waals surface area contributed by atoms with Gasteiger partial charge in [-0.05, 0) is 6.92 Å². The maximum atomic E-state index is 9.22. The van der Waals surface area contributed by atoms with E-state index in [2.05, 4.69) is 0 Å². The maximum absolute atomic E-state index is 9.22. The zero-order chi connectivity index (χ0) is 7.72. The smallest absolute Gasteiger partial charge is 0.108 e. The second-order valence-electron chi connectivity index (χ2n) is 2.63. The van der Waals surface area contributed by atoms with Gasteiger partial charge in [0.15, 0.2) is 0 Å². The van der Waals surface area contributed by atoms with Crippen molar-refractivity contribution in [2.45, 2.75) is 31.3 Å². The largest absolute Gasteiger partial charge is 0.394 e. The molecule has 4 atom stereocenters. The Kier molecular flexibility index (Phi) is 2.25. The van der Waals surface area contributed by atoms with E-state index < -0.39 is 12.2 Å². The maximum Gasteiger partial charge on any atom is 0.108 e. The molecule has 1 heterocycles. The lowest BCUT2D eigenvalue weighted by atomic mass is 10.1. The summed E-state index contributed by atoms with van der Waals surface area (Å²) in [5.74, 6) is 0. The van der Waals surface area contributed by atoms with Crippen LogP contribution in [0.25, 0.3) is 0 Å². The Bertz CT molecular complexity index is 120. The van der Waals surface area contributed by atoms with E-state index in [0.717, 1.165) is 0 Å². The minimum Gasteiger partial charge on any atom is -0.394 e. The molecule has 0 aromatic carbocycles. The number of hydrogen-bond donors (Lipinski definition) is 3. The monoisotopic (exact) mass is 147 g/mol. The molecule has 10 heavy (non-hydrogen) atoms. The molecule has 1 aliphatic heterocycles. The highest BCUT2D eigenvalue weighted by molar-refractivity contribution is 4.90. The van der Waals surface area contributed by atoms with Crippen LogP contribution < -0.4 is 5.73 Å². The van der Waals surface area contributed by atoms with Crippen molar-refractivity contribution in [3.05, 3.63) is 0 Å². The van der Waals surface area contributed by atoms with Crippen LogP contribution >= 0.6 is 0 Å². The zero-order valence-corrected chi connectivity index (χ0v) is 5.90. The molecule has 0 amide bonds. The zero-order valence-electron chi connectivity index (χ0n) is 5.90. The van der Waals surface area contributed by atoms with Crippen molar-refractivity contribution in [2.24, 2.45) is 5.73 Å². The molecule has 1 rings (SSSR count). The summed E-state index contributed by atoms with van der Waals surface area (Å²) >= 11 is 0. The van der Waals surface area contributed by atoms with Crippen molar-refractivity contribution >= 4 is 0 Å². The highest BCUT2D eigenvalue weighted by Gasteiger charge is 2.38. The Labute approximate surface area is 59.6 Å². The van der Waals surface area contributed by atoms with E-state index in [1.807, 2.05) is 0 Å². The van der Waals surface area contributed by atoms with Crippen LogP contribution in [0, 0.1) is 0 Å². The number of rotatable bonds is 1. The Morgan fingerprint density at radius 2 is 2.20 bits per heavy atom. The van der Waals surface area contributed by atoms with E-state index in [4.69, 9.17) is 15.6 Å². The van der Waals surface area contributed by atoms with Crippen LogP contribution in [0.2, 0.25) is 0 Å². The summed E-state index contributed by atoms with van der Waals surface area (Å²) in [6.45, 7) is 1.61. The van der Waals surface area contributed by atoms with Crippen LogP contribution in [0.15, 0.2) is 0 Å². The lowest BCUT2D eigenvalue weighted by molar-refractivity contribution is -0.0170. The fourth-order valence-electron chi connectivity index (χ4n) is 1.12. The number of ether oxygens (including phenoxy) is 1. The van der Waals surface area contributed by atoms with Crippen molar-refractivity contribution in [2.75, 3.05) is 6.61 Å². The first-order valence-electron chi connectivity index (χ1n) is 3.36. The normalized spacial score (nSPS) is 48.0. The lowest BCUT2D eigenvalue weighted by Crippen LogP contribution is -2.40. The first-order chi connectivity index (χ1) is 4.66. The molecule has 0 spiro atoms. The van der Waals surface area contributed by atoms with E-state index in [-0.39, 0.29) is 18.8 Å². The summed E-state index contributed by atoms with van der Waals surface area (Å²) < 4.78 is 5.11. The van der Waals surface area contributed by atoms with Gasteiger partial charge in [0.25, 0.3) is 0 Å². The van der Waals surface area contributed by atoms with E-state index in [1.165, 1.54) is 0 Å². The van der Waals surface area contributed by atoms with Crippen LogP contribution in [0.5, 0.6) is 0 Å².